The standard InChI is InChI=1S/C13H19N3O2/c1-3-10-12(17)14-7-11(15-10)9-6-8(2)16-4-5-18-13(9)16/h6,10-11,15H,3-5,7H2,1-2H3,(H,14,17). The summed E-state index contributed by atoms with van der Waals surface area (Å²) in [6.07, 6.45) is 0.804. The third-order valence-electron chi connectivity index (χ3n) is 3.82. The van der Waals surface area contributed by atoms with Gasteiger partial charge in [-0.3, -0.25) is 10.1 Å². The molecule has 0 bridgehead atoms. The lowest BCUT2D eigenvalue weighted by Crippen LogP contribution is -2.54. The van der Waals surface area contributed by atoms with E-state index in [9.17, 15) is 4.79 Å². The smallest absolute Gasteiger partial charge is 0.237 e. The number of hydrogen-bond donors (Lipinski definition) is 2. The summed E-state index contributed by atoms with van der Waals surface area (Å²) in [5, 5.41) is 6.37. The fourth-order valence-corrected chi connectivity index (χ4v) is 2.81. The third kappa shape index (κ3) is 1.70. The number of fused-ring (bicyclic) bond motifs is 1. The minimum atomic E-state index is -0.0963. The van der Waals surface area contributed by atoms with E-state index in [2.05, 4.69) is 28.2 Å². The summed E-state index contributed by atoms with van der Waals surface area (Å²) in [6, 6.07) is 2.22. The maximum Gasteiger partial charge on any atom is 0.237 e. The summed E-state index contributed by atoms with van der Waals surface area (Å²) in [4.78, 5) is 11.6. The van der Waals surface area contributed by atoms with Crippen molar-refractivity contribution in [2.24, 2.45) is 0 Å². The van der Waals surface area contributed by atoms with E-state index in [0.717, 1.165) is 25.5 Å². The number of piperazine rings is 1. The van der Waals surface area contributed by atoms with Gasteiger partial charge in [0.05, 0.1) is 18.6 Å². The van der Waals surface area contributed by atoms with Gasteiger partial charge in [0, 0.05) is 17.8 Å². The average molecular weight is 249 g/mol. The molecule has 1 aromatic heterocycles. The Bertz CT molecular complexity index is 481. The zero-order chi connectivity index (χ0) is 12.7. The predicted molar refractivity (Wildman–Crippen MR) is 67.6 cm³/mol. The molecule has 98 valence electrons. The number of rotatable bonds is 2. The van der Waals surface area contributed by atoms with Crippen molar-refractivity contribution in [2.75, 3.05) is 13.2 Å². The van der Waals surface area contributed by atoms with Crippen LogP contribution in [0.15, 0.2) is 6.07 Å². The zero-order valence-corrected chi connectivity index (χ0v) is 10.8. The minimum absolute atomic E-state index is 0.0963. The van der Waals surface area contributed by atoms with E-state index in [1.807, 2.05) is 6.92 Å². The lowest BCUT2D eigenvalue weighted by molar-refractivity contribution is -0.125. The van der Waals surface area contributed by atoms with E-state index < -0.39 is 0 Å². The molecule has 0 radical (unpaired) electrons. The maximum absolute atomic E-state index is 11.6. The largest absolute Gasteiger partial charge is 0.477 e. The van der Waals surface area contributed by atoms with Gasteiger partial charge < -0.3 is 14.6 Å². The molecule has 1 aromatic rings. The van der Waals surface area contributed by atoms with Crippen LogP contribution in [0.5, 0.6) is 5.88 Å². The molecule has 5 nitrogen and oxygen atoms in total. The second-order valence-electron chi connectivity index (χ2n) is 4.97. The van der Waals surface area contributed by atoms with Crippen LogP contribution in [-0.2, 0) is 11.3 Å². The Hall–Kier alpha value is -1.49. The molecule has 3 heterocycles. The van der Waals surface area contributed by atoms with Crippen molar-refractivity contribution in [3.63, 3.8) is 0 Å². The van der Waals surface area contributed by atoms with Gasteiger partial charge in [0.2, 0.25) is 5.91 Å². The number of nitrogens with one attached hydrogen (secondary N) is 2. The Morgan fingerprint density at radius 2 is 2.39 bits per heavy atom. The molecule has 0 aliphatic carbocycles. The van der Waals surface area contributed by atoms with Crippen LogP contribution in [0, 0.1) is 6.92 Å². The van der Waals surface area contributed by atoms with Gasteiger partial charge in [-0.1, -0.05) is 6.92 Å². The summed E-state index contributed by atoms with van der Waals surface area (Å²) in [5.41, 5.74) is 2.40. The number of carbonyl (C=O) groups is 1. The SMILES string of the molecule is CCC1NC(c2cc(C)n3c2OCC3)CNC1=O. The molecule has 2 atom stereocenters. The number of amides is 1. The van der Waals surface area contributed by atoms with Crippen molar-refractivity contribution in [3.8, 4) is 5.88 Å². The monoisotopic (exact) mass is 249 g/mol. The summed E-state index contributed by atoms with van der Waals surface area (Å²) in [7, 11) is 0. The second-order valence-corrected chi connectivity index (χ2v) is 4.97. The molecule has 3 rings (SSSR count). The Balaban J connectivity index is 1.87. The molecule has 2 aliphatic rings. The van der Waals surface area contributed by atoms with E-state index in [1.165, 1.54) is 11.3 Å². The minimum Gasteiger partial charge on any atom is -0.477 e. The fourth-order valence-electron chi connectivity index (χ4n) is 2.81. The van der Waals surface area contributed by atoms with Gasteiger partial charge in [-0.25, -0.2) is 0 Å². The Morgan fingerprint density at radius 1 is 1.56 bits per heavy atom. The van der Waals surface area contributed by atoms with E-state index in [-0.39, 0.29) is 18.0 Å². The van der Waals surface area contributed by atoms with Crippen LogP contribution < -0.4 is 15.4 Å². The van der Waals surface area contributed by atoms with Crippen molar-refractivity contribution in [1.82, 2.24) is 15.2 Å². The molecule has 1 amide bonds. The average Bonchev–Trinajstić information content (AvgIpc) is 2.95. The van der Waals surface area contributed by atoms with E-state index >= 15 is 0 Å². The summed E-state index contributed by atoms with van der Waals surface area (Å²) in [6.45, 7) is 6.43. The van der Waals surface area contributed by atoms with Crippen LogP contribution in [0.25, 0.3) is 0 Å². The van der Waals surface area contributed by atoms with Crippen LogP contribution in [-0.4, -0.2) is 29.7 Å². The Morgan fingerprint density at radius 3 is 3.17 bits per heavy atom. The van der Waals surface area contributed by atoms with Crippen LogP contribution in [0.1, 0.15) is 30.6 Å². The van der Waals surface area contributed by atoms with E-state index in [1.54, 1.807) is 0 Å². The summed E-state index contributed by atoms with van der Waals surface area (Å²) < 4.78 is 7.91. The first kappa shape index (κ1) is 11.6. The van der Waals surface area contributed by atoms with Crippen molar-refractivity contribution < 1.29 is 9.53 Å². The quantitative estimate of drug-likeness (QED) is 0.812. The second kappa shape index (κ2) is 4.31. The fraction of sp³-hybridized carbons (Fsp3) is 0.615. The summed E-state index contributed by atoms with van der Waals surface area (Å²) >= 11 is 0. The molecule has 5 heteroatoms. The highest BCUT2D eigenvalue weighted by Crippen LogP contribution is 2.33. The first-order valence-corrected chi connectivity index (χ1v) is 6.57. The number of carbonyl (C=O) groups excluding carboxylic acids is 1. The summed E-state index contributed by atoms with van der Waals surface area (Å²) in [5.74, 6) is 1.07. The molecular weight excluding hydrogens is 230 g/mol. The van der Waals surface area contributed by atoms with Crippen molar-refractivity contribution >= 4 is 5.91 Å². The van der Waals surface area contributed by atoms with Gasteiger partial charge in [0.25, 0.3) is 0 Å². The first-order chi connectivity index (χ1) is 8.70. The van der Waals surface area contributed by atoms with Crippen LogP contribution in [0.4, 0.5) is 0 Å². The highest BCUT2D eigenvalue weighted by molar-refractivity contribution is 5.82. The molecule has 2 unspecified atom stereocenters. The van der Waals surface area contributed by atoms with E-state index in [4.69, 9.17) is 4.74 Å². The van der Waals surface area contributed by atoms with Crippen LogP contribution in [0.2, 0.25) is 0 Å². The van der Waals surface area contributed by atoms with Gasteiger partial charge in [-0.05, 0) is 19.4 Å². The van der Waals surface area contributed by atoms with Gasteiger partial charge >= 0.3 is 0 Å². The molecule has 0 aromatic carbocycles. The van der Waals surface area contributed by atoms with Crippen LogP contribution >= 0.6 is 0 Å². The van der Waals surface area contributed by atoms with Crippen LogP contribution in [0.3, 0.4) is 0 Å². The number of hydrogen-bond acceptors (Lipinski definition) is 3. The highest BCUT2D eigenvalue weighted by atomic mass is 16.5. The first-order valence-electron chi connectivity index (χ1n) is 6.57. The molecule has 0 spiro atoms. The zero-order valence-electron chi connectivity index (χ0n) is 10.8. The lowest BCUT2D eigenvalue weighted by atomic mass is 10.0. The molecule has 2 aliphatic heterocycles. The normalized spacial score (nSPS) is 26.7. The Labute approximate surface area is 106 Å². The van der Waals surface area contributed by atoms with Gasteiger partial charge in [0.15, 0.2) is 5.88 Å². The number of aromatic nitrogens is 1. The van der Waals surface area contributed by atoms with Gasteiger partial charge in [-0.15, -0.1) is 0 Å². The number of nitrogens with zero attached hydrogens (tertiary/aromatic N) is 1. The molecular formula is C13H19N3O2. The number of ether oxygens (including phenoxy) is 1. The predicted octanol–water partition coefficient (Wildman–Crippen LogP) is 0.728. The highest BCUT2D eigenvalue weighted by Gasteiger charge is 2.31. The van der Waals surface area contributed by atoms with Crippen molar-refractivity contribution in [2.45, 2.75) is 38.9 Å². The molecule has 2 N–H and O–H groups in total. The molecule has 0 saturated carbocycles. The molecule has 1 saturated heterocycles. The maximum atomic E-state index is 11.6. The third-order valence-corrected chi connectivity index (χ3v) is 3.82. The Kier molecular flexibility index (Phi) is 2.78. The molecule has 1 fully saturated rings. The van der Waals surface area contributed by atoms with Crippen molar-refractivity contribution in [1.29, 1.82) is 0 Å². The van der Waals surface area contributed by atoms with Gasteiger partial charge in [-0.2, -0.15) is 0 Å². The topological polar surface area (TPSA) is 55.3 Å². The lowest BCUT2D eigenvalue weighted by Gasteiger charge is -2.30. The van der Waals surface area contributed by atoms with Crippen molar-refractivity contribution in [3.05, 3.63) is 17.3 Å². The number of aryl methyl sites for hydroxylation is 1. The van der Waals surface area contributed by atoms with Gasteiger partial charge in [0.1, 0.15) is 6.61 Å². The van der Waals surface area contributed by atoms with E-state index in [0.29, 0.717) is 6.54 Å². The molecule has 18 heavy (non-hydrogen) atoms.